The van der Waals surface area contributed by atoms with E-state index in [2.05, 4.69) is 69.4 Å². The van der Waals surface area contributed by atoms with Crippen molar-refractivity contribution >= 4 is 17.9 Å². The van der Waals surface area contributed by atoms with Gasteiger partial charge in [0.25, 0.3) is 0 Å². The summed E-state index contributed by atoms with van der Waals surface area (Å²) in [5.41, 5.74) is 0. The predicted octanol–water partition coefficient (Wildman–Crippen LogP) is 19.4. The highest BCUT2D eigenvalue weighted by atomic mass is 16.6. The highest BCUT2D eigenvalue weighted by Gasteiger charge is 2.19. The van der Waals surface area contributed by atoms with Crippen molar-refractivity contribution in [1.29, 1.82) is 0 Å². The lowest BCUT2D eigenvalue weighted by Gasteiger charge is -2.18. The van der Waals surface area contributed by atoms with Crippen LogP contribution in [0.3, 0.4) is 0 Å². The van der Waals surface area contributed by atoms with E-state index in [1.165, 1.54) is 161 Å². The van der Waals surface area contributed by atoms with Crippen molar-refractivity contribution in [2.24, 2.45) is 0 Å². The summed E-state index contributed by atoms with van der Waals surface area (Å²) in [6.07, 6.45) is 68.2. The highest BCUT2D eigenvalue weighted by Crippen LogP contribution is 2.17. The van der Waals surface area contributed by atoms with E-state index >= 15 is 0 Å². The van der Waals surface area contributed by atoms with Crippen molar-refractivity contribution in [3.63, 3.8) is 0 Å². The minimum atomic E-state index is -0.783. The second-order valence-corrected chi connectivity index (χ2v) is 19.5. The summed E-state index contributed by atoms with van der Waals surface area (Å²) < 4.78 is 16.9. The van der Waals surface area contributed by atoms with E-state index in [0.29, 0.717) is 19.3 Å². The van der Waals surface area contributed by atoms with Crippen LogP contribution in [0.5, 0.6) is 0 Å². The van der Waals surface area contributed by atoms with Crippen LogP contribution in [-0.2, 0) is 28.6 Å². The molecule has 0 aromatic carbocycles. The first-order valence-electron chi connectivity index (χ1n) is 29.1. The van der Waals surface area contributed by atoms with Crippen LogP contribution in [0.25, 0.3) is 0 Å². The van der Waals surface area contributed by atoms with Crippen LogP contribution in [-0.4, -0.2) is 37.2 Å². The van der Waals surface area contributed by atoms with Crippen molar-refractivity contribution < 1.29 is 28.6 Å². The van der Waals surface area contributed by atoms with Crippen LogP contribution in [0.2, 0.25) is 0 Å². The van der Waals surface area contributed by atoms with Gasteiger partial charge in [0.2, 0.25) is 0 Å². The molecule has 1 atom stereocenters. The van der Waals surface area contributed by atoms with E-state index in [-0.39, 0.29) is 31.1 Å². The van der Waals surface area contributed by atoms with Gasteiger partial charge in [-0.25, -0.2) is 0 Å². The lowest BCUT2D eigenvalue weighted by Crippen LogP contribution is -2.30. The Morgan fingerprint density at radius 3 is 0.940 bits per heavy atom. The molecule has 0 saturated heterocycles. The Morgan fingerprint density at radius 2 is 0.582 bits per heavy atom. The van der Waals surface area contributed by atoms with Gasteiger partial charge in [0.05, 0.1) is 0 Å². The summed E-state index contributed by atoms with van der Waals surface area (Å²) in [7, 11) is 0. The summed E-state index contributed by atoms with van der Waals surface area (Å²) in [6.45, 7) is 6.53. The van der Waals surface area contributed by atoms with Crippen molar-refractivity contribution in [2.45, 2.75) is 309 Å². The molecule has 0 N–H and O–H groups in total. The Bertz CT molecular complexity index is 1170. The quantitative estimate of drug-likeness (QED) is 0.0262. The van der Waals surface area contributed by atoms with Gasteiger partial charge in [-0.15, -0.1) is 0 Å². The van der Waals surface area contributed by atoms with E-state index < -0.39 is 6.10 Å². The van der Waals surface area contributed by atoms with Crippen LogP contribution in [0.1, 0.15) is 303 Å². The normalized spacial score (nSPS) is 12.3. The average molecular weight is 940 g/mol. The van der Waals surface area contributed by atoms with Crippen LogP contribution in [0, 0.1) is 0 Å². The van der Waals surface area contributed by atoms with Gasteiger partial charge in [0, 0.05) is 19.3 Å². The van der Waals surface area contributed by atoms with Crippen LogP contribution in [0.15, 0.2) is 48.6 Å². The number of rotatable bonds is 53. The second-order valence-electron chi connectivity index (χ2n) is 19.5. The van der Waals surface area contributed by atoms with E-state index in [1.54, 1.807) is 0 Å². The predicted molar refractivity (Wildman–Crippen MR) is 289 cm³/mol. The topological polar surface area (TPSA) is 78.9 Å². The van der Waals surface area contributed by atoms with E-state index in [1.807, 2.05) is 0 Å². The zero-order chi connectivity index (χ0) is 48.6. The van der Waals surface area contributed by atoms with E-state index in [0.717, 1.165) is 103 Å². The molecule has 0 heterocycles. The molecule has 0 saturated carbocycles. The number of carbonyl (C=O) groups is 3. The Hall–Kier alpha value is -2.63. The number of hydrogen-bond donors (Lipinski definition) is 0. The molecule has 0 unspecified atom stereocenters. The molecular weight excluding hydrogens is 829 g/mol. The molecule has 0 fully saturated rings. The van der Waals surface area contributed by atoms with Crippen molar-refractivity contribution in [3.05, 3.63) is 48.6 Å². The smallest absolute Gasteiger partial charge is 0.306 e. The van der Waals surface area contributed by atoms with Gasteiger partial charge in [0.15, 0.2) is 6.10 Å². The van der Waals surface area contributed by atoms with Crippen molar-refractivity contribution in [1.82, 2.24) is 0 Å². The van der Waals surface area contributed by atoms with Crippen molar-refractivity contribution in [2.75, 3.05) is 13.2 Å². The Morgan fingerprint density at radius 1 is 0.313 bits per heavy atom. The number of allylic oxidation sites excluding steroid dienone is 8. The maximum absolute atomic E-state index is 12.8. The SMILES string of the molecule is CC/C=C\C/C=C\C/C=C\CCCCCCCC(=O)O[C@H](COC(=O)CCCCCCC/C=C\CCCCCC)COC(=O)CCCCCCCCCCCCCCCCCCCCCCC. The van der Waals surface area contributed by atoms with Gasteiger partial charge in [-0.1, -0.05) is 256 Å². The van der Waals surface area contributed by atoms with Gasteiger partial charge < -0.3 is 14.2 Å². The first-order valence-corrected chi connectivity index (χ1v) is 29.1. The van der Waals surface area contributed by atoms with Gasteiger partial charge in [-0.2, -0.15) is 0 Å². The van der Waals surface area contributed by atoms with Gasteiger partial charge in [-0.05, 0) is 77.0 Å². The standard InChI is InChI=1S/C61H110O6/c1-4-7-10-13-16-19-22-25-27-28-29-30-31-32-34-36-39-42-45-48-51-54-60(63)66-57-58(56-65-59(62)53-50-47-44-41-38-35-24-21-18-15-12-9-6-3)67-61(64)55-52-49-46-43-40-37-33-26-23-20-17-14-11-8-5-2/h8,11,17,20-21,24,26,33,58H,4-7,9-10,12-16,18-19,22-23,25,27-32,34-57H2,1-3H3/b11-8-,20-17-,24-21-,33-26-/t58-/m1/s1. The number of esters is 3. The summed E-state index contributed by atoms with van der Waals surface area (Å²) in [4.78, 5) is 38.1. The molecule has 0 aromatic rings. The fourth-order valence-electron chi connectivity index (χ4n) is 8.45. The lowest BCUT2D eigenvalue weighted by molar-refractivity contribution is -0.167. The third kappa shape index (κ3) is 54.2. The number of carbonyl (C=O) groups excluding carboxylic acids is 3. The molecule has 6 heteroatoms. The first kappa shape index (κ1) is 64.4. The molecular formula is C61H110O6. The molecule has 0 rings (SSSR count). The molecule has 67 heavy (non-hydrogen) atoms. The lowest BCUT2D eigenvalue weighted by atomic mass is 10.0. The number of ether oxygens (including phenoxy) is 3. The van der Waals surface area contributed by atoms with E-state index in [9.17, 15) is 14.4 Å². The maximum Gasteiger partial charge on any atom is 0.306 e. The maximum atomic E-state index is 12.8. The van der Waals surface area contributed by atoms with Gasteiger partial charge >= 0.3 is 17.9 Å². The minimum absolute atomic E-state index is 0.0799. The summed E-state index contributed by atoms with van der Waals surface area (Å²) in [6, 6.07) is 0. The number of unbranched alkanes of at least 4 members (excludes halogenated alkanes) is 34. The van der Waals surface area contributed by atoms with E-state index in [4.69, 9.17) is 14.2 Å². The molecule has 0 aromatic heterocycles. The third-order valence-electron chi connectivity index (χ3n) is 12.8. The zero-order valence-corrected chi connectivity index (χ0v) is 44.7. The monoisotopic (exact) mass is 939 g/mol. The largest absolute Gasteiger partial charge is 0.462 e. The molecule has 0 radical (unpaired) electrons. The highest BCUT2D eigenvalue weighted by molar-refractivity contribution is 5.71. The van der Waals surface area contributed by atoms with Crippen LogP contribution in [0.4, 0.5) is 0 Å². The van der Waals surface area contributed by atoms with Crippen molar-refractivity contribution in [3.8, 4) is 0 Å². The second kappa shape index (κ2) is 56.0. The minimum Gasteiger partial charge on any atom is -0.462 e. The Kier molecular flexibility index (Phi) is 53.8. The first-order chi connectivity index (χ1) is 33.0. The third-order valence-corrected chi connectivity index (χ3v) is 12.8. The Labute approximate surface area is 416 Å². The Balaban J connectivity index is 4.31. The molecule has 6 nitrogen and oxygen atoms in total. The van der Waals surface area contributed by atoms with Gasteiger partial charge in [0.1, 0.15) is 13.2 Å². The van der Waals surface area contributed by atoms with Gasteiger partial charge in [-0.3, -0.25) is 14.4 Å². The molecule has 390 valence electrons. The number of hydrogen-bond acceptors (Lipinski definition) is 6. The molecule has 0 aliphatic carbocycles. The molecule has 0 spiro atoms. The molecule has 0 aliphatic rings. The summed E-state index contributed by atoms with van der Waals surface area (Å²) in [5.74, 6) is -0.892. The fraction of sp³-hybridized carbons (Fsp3) is 0.820. The zero-order valence-electron chi connectivity index (χ0n) is 44.7. The summed E-state index contributed by atoms with van der Waals surface area (Å²) in [5, 5.41) is 0. The average Bonchev–Trinajstić information content (AvgIpc) is 3.33. The van der Waals surface area contributed by atoms with Crippen LogP contribution < -0.4 is 0 Å². The van der Waals surface area contributed by atoms with Crippen LogP contribution >= 0.6 is 0 Å². The fourth-order valence-corrected chi connectivity index (χ4v) is 8.45. The molecule has 0 bridgehead atoms. The molecule has 0 amide bonds. The molecule has 0 aliphatic heterocycles. The summed E-state index contributed by atoms with van der Waals surface area (Å²) >= 11 is 0.